The predicted octanol–water partition coefficient (Wildman–Crippen LogP) is 2.13. The Balaban J connectivity index is 2.71. The molecule has 0 spiro atoms. The van der Waals surface area contributed by atoms with Crippen LogP contribution in [0.2, 0.25) is 0 Å². The smallest absolute Gasteiger partial charge is 0.323 e. The van der Waals surface area contributed by atoms with E-state index in [1.54, 1.807) is 0 Å². The van der Waals surface area contributed by atoms with Crippen LogP contribution in [0.1, 0.15) is 31.2 Å². The van der Waals surface area contributed by atoms with Crippen molar-refractivity contribution in [2.45, 2.75) is 25.7 Å². The summed E-state index contributed by atoms with van der Waals surface area (Å²) in [5.74, 6) is -1.05. The zero-order chi connectivity index (χ0) is 15.7. The number of carboxylic acid groups (broad SMARTS) is 1. The normalized spacial score (nSPS) is 11.9. The molecule has 0 saturated carbocycles. The molecule has 1 atom stereocenters. The van der Waals surface area contributed by atoms with Crippen molar-refractivity contribution in [3.05, 3.63) is 35.9 Å². The summed E-state index contributed by atoms with van der Waals surface area (Å²) >= 11 is 0. The predicted molar refractivity (Wildman–Crippen MR) is 80.2 cm³/mol. The van der Waals surface area contributed by atoms with E-state index in [1.165, 1.54) is 12.0 Å². The van der Waals surface area contributed by atoms with Crippen LogP contribution >= 0.6 is 0 Å². The van der Waals surface area contributed by atoms with Gasteiger partial charge in [-0.05, 0) is 17.9 Å². The van der Waals surface area contributed by atoms with E-state index in [9.17, 15) is 9.59 Å². The quantitative estimate of drug-likeness (QED) is 0.757. The molecule has 0 aromatic heterocycles. The van der Waals surface area contributed by atoms with Crippen molar-refractivity contribution in [1.29, 1.82) is 0 Å². The molecule has 0 heterocycles. The molecular weight excluding hydrogens is 270 g/mol. The molecule has 1 amide bonds. The van der Waals surface area contributed by atoms with E-state index < -0.39 is 5.97 Å². The average Bonchev–Trinajstić information content (AvgIpc) is 2.49. The second-order valence-electron chi connectivity index (χ2n) is 4.92. The maximum Gasteiger partial charge on any atom is 0.323 e. The molecule has 5 heteroatoms. The molecule has 0 radical (unpaired) electrons. The van der Waals surface area contributed by atoms with Crippen LogP contribution in [0.3, 0.4) is 0 Å². The van der Waals surface area contributed by atoms with Crippen LogP contribution < -0.4 is 0 Å². The van der Waals surface area contributed by atoms with Crippen LogP contribution in [0.15, 0.2) is 30.3 Å². The number of nitrogens with zero attached hydrogens (tertiary/aromatic N) is 1. The summed E-state index contributed by atoms with van der Waals surface area (Å²) in [6.45, 7) is 2.38. The molecular formula is C16H23NO4. The lowest BCUT2D eigenvalue weighted by atomic mass is 9.93. The molecule has 1 aromatic carbocycles. The third-order valence-corrected chi connectivity index (χ3v) is 3.43. The summed E-state index contributed by atoms with van der Waals surface area (Å²) in [6.07, 6.45) is 1.15. The Bertz CT molecular complexity index is 447. The first kappa shape index (κ1) is 17.2. The number of rotatable bonds is 9. The Kier molecular flexibility index (Phi) is 7.46. The molecule has 0 bridgehead atoms. The molecule has 0 aliphatic rings. The summed E-state index contributed by atoms with van der Waals surface area (Å²) in [4.78, 5) is 24.5. The van der Waals surface area contributed by atoms with Crippen LogP contribution in [0.4, 0.5) is 0 Å². The molecule has 116 valence electrons. The van der Waals surface area contributed by atoms with Gasteiger partial charge in [-0.3, -0.25) is 9.59 Å². The third kappa shape index (κ3) is 5.95. The van der Waals surface area contributed by atoms with E-state index in [0.29, 0.717) is 19.6 Å². The molecule has 0 saturated heterocycles. The number of hydrogen-bond donors (Lipinski definition) is 1. The van der Waals surface area contributed by atoms with E-state index in [1.807, 2.05) is 37.3 Å². The first-order valence-corrected chi connectivity index (χ1v) is 7.11. The maximum atomic E-state index is 12.3. The van der Waals surface area contributed by atoms with E-state index in [4.69, 9.17) is 9.84 Å². The maximum absolute atomic E-state index is 12.3. The first-order chi connectivity index (χ1) is 10.1. The van der Waals surface area contributed by atoms with Crippen LogP contribution in [-0.4, -0.2) is 48.7 Å². The Morgan fingerprint density at radius 3 is 2.48 bits per heavy atom. The van der Waals surface area contributed by atoms with Gasteiger partial charge in [0.05, 0.1) is 6.61 Å². The lowest BCUT2D eigenvalue weighted by Gasteiger charge is -2.23. The first-order valence-electron chi connectivity index (χ1n) is 7.11. The fourth-order valence-corrected chi connectivity index (χ4v) is 2.22. The molecule has 1 unspecified atom stereocenters. The van der Waals surface area contributed by atoms with Crippen molar-refractivity contribution in [3.63, 3.8) is 0 Å². The van der Waals surface area contributed by atoms with Crippen molar-refractivity contribution in [3.8, 4) is 0 Å². The fraction of sp³-hybridized carbons (Fsp3) is 0.500. The van der Waals surface area contributed by atoms with Gasteiger partial charge in [0.15, 0.2) is 0 Å². The number of ether oxygens (including phenoxy) is 1. The summed E-state index contributed by atoms with van der Waals surface area (Å²) in [7, 11) is 1.53. The highest BCUT2D eigenvalue weighted by Crippen LogP contribution is 2.23. The molecule has 0 aliphatic carbocycles. The van der Waals surface area contributed by atoms with E-state index in [0.717, 1.165) is 12.0 Å². The molecule has 1 N–H and O–H groups in total. The summed E-state index contributed by atoms with van der Waals surface area (Å²) in [5.41, 5.74) is 1.11. The Morgan fingerprint density at radius 2 is 1.95 bits per heavy atom. The van der Waals surface area contributed by atoms with Gasteiger partial charge < -0.3 is 14.7 Å². The minimum Gasteiger partial charge on any atom is -0.480 e. The zero-order valence-corrected chi connectivity index (χ0v) is 12.6. The van der Waals surface area contributed by atoms with Crippen molar-refractivity contribution in [2.75, 3.05) is 26.8 Å². The largest absolute Gasteiger partial charge is 0.480 e. The average molecular weight is 293 g/mol. The number of carbonyl (C=O) groups is 2. The number of aliphatic carboxylic acids is 1. The van der Waals surface area contributed by atoms with Gasteiger partial charge in [0.1, 0.15) is 6.54 Å². The molecule has 21 heavy (non-hydrogen) atoms. The fourth-order valence-electron chi connectivity index (χ4n) is 2.22. The molecule has 0 aliphatic heterocycles. The van der Waals surface area contributed by atoms with Gasteiger partial charge in [-0.2, -0.15) is 0 Å². The van der Waals surface area contributed by atoms with Crippen molar-refractivity contribution in [1.82, 2.24) is 4.90 Å². The van der Waals surface area contributed by atoms with E-state index >= 15 is 0 Å². The van der Waals surface area contributed by atoms with E-state index in [2.05, 4.69) is 0 Å². The highest BCUT2D eigenvalue weighted by molar-refractivity contribution is 5.81. The van der Waals surface area contributed by atoms with Gasteiger partial charge in [-0.1, -0.05) is 37.3 Å². The lowest BCUT2D eigenvalue weighted by molar-refractivity contribution is -0.145. The molecule has 5 nitrogen and oxygen atoms in total. The standard InChI is InChI=1S/C16H23NO4/c1-3-13(14-7-5-4-6-8-14)11-15(18)17(9-10-21-2)12-16(19)20/h4-8,13H,3,9-12H2,1-2H3,(H,19,20). The topological polar surface area (TPSA) is 66.8 Å². The number of benzene rings is 1. The highest BCUT2D eigenvalue weighted by Gasteiger charge is 2.21. The molecule has 1 rings (SSSR count). The second-order valence-corrected chi connectivity index (χ2v) is 4.92. The van der Waals surface area contributed by atoms with Crippen LogP contribution in [0, 0.1) is 0 Å². The van der Waals surface area contributed by atoms with E-state index in [-0.39, 0.29) is 18.4 Å². The minimum atomic E-state index is -1.01. The number of carboxylic acids is 1. The Morgan fingerprint density at radius 1 is 1.29 bits per heavy atom. The van der Waals surface area contributed by atoms with Gasteiger partial charge in [0.25, 0.3) is 0 Å². The Labute approximate surface area is 125 Å². The highest BCUT2D eigenvalue weighted by atomic mass is 16.5. The van der Waals surface area contributed by atoms with Crippen molar-refractivity contribution in [2.24, 2.45) is 0 Å². The van der Waals surface area contributed by atoms with Gasteiger partial charge in [0, 0.05) is 20.1 Å². The van der Waals surface area contributed by atoms with Crippen molar-refractivity contribution < 1.29 is 19.4 Å². The number of hydrogen-bond acceptors (Lipinski definition) is 3. The second kappa shape index (κ2) is 9.13. The third-order valence-electron chi connectivity index (χ3n) is 3.43. The summed E-state index contributed by atoms with van der Waals surface area (Å²) in [6, 6.07) is 9.83. The lowest BCUT2D eigenvalue weighted by Crippen LogP contribution is -2.38. The SMILES string of the molecule is CCC(CC(=O)N(CCOC)CC(=O)O)c1ccccc1. The summed E-state index contributed by atoms with van der Waals surface area (Å²) < 4.78 is 4.93. The van der Waals surface area contributed by atoms with Gasteiger partial charge >= 0.3 is 5.97 Å². The zero-order valence-electron chi connectivity index (χ0n) is 12.6. The number of carbonyl (C=O) groups excluding carboxylic acids is 1. The number of amides is 1. The number of methoxy groups -OCH3 is 1. The molecule has 0 fully saturated rings. The monoisotopic (exact) mass is 293 g/mol. The van der Waals surface area contributed by atoms with Crippen molar-refractivity contribution >= 4 is 11.9 Å². The van der Waals surface area contributed by atoms with Gasteiger partial charge in [-0.25, -0.2) is 0 Å². The van der Waals surface area contributed by atoms with Gasteiger partial charge in [0.2, 0.25) is 5.91 Å². The summed E-state index contributed by atoms with van der Waals surface area (Å²) in [5, 5.41) is 8.91. The van der Waals surface area contributed by atoms with Crippen LogP contribution in [0.5, 0.6) is 0 Å². The minimum absolute atomic E-state index is 0.109. The van der Waals surface area contributed by atoms with Crippen LogP contribution in [0.25, 0.3) is 0 Å². The Hall–Kier alpha value is -1.88. The van der Waals surface area contributed by atoms with Gasteiger partial charge in [-0.15, -0.1) is 0 Å². The van der Waals surface area contributed by atoms with Crippen LogP contribution in [-0.2, 0) is 14.3 Å². The molecule has 1 aromatic rings.